The van der Waals surface area contributed by atoms with E-state index in [1.165, 1.54) is 0 Å². The highest BCUT2D eigenvalue weighted by atomic mass is 32.1. The Hall–Kier alpha value is -0.670. The van der Waals surface area contributed by atoms with E-state index in [1.54, 1.807) is 18.4 Å². The molecule has 0 bridgehead atoms. The van der Waals surface area contributed by atoms with Gasteiger partial charge in [0.05, 0.1) is 0 Å². The molecule has 1 aromatic heterocycles. The van der Waals surface area contributed by atoms with Crippen molar-refractivity contribution in [3.63, 3.8) is 0 Å². The second-order valence-electron chi connectivity index (χ2n) is 3.56. The molecule has 0 aliphatic carbocycles. The van der Waals surface area contributed by atoms with Gasteiger partial charge < -0.3 is 4.74 Å². The maximum atomic E-state index is 11.5. The third-order valence-corrected chi connectivity index (χ3v) is 2.86. The van der Waals surface area contributed by atoms with Gasteiger partial charge in [-0.15, -0.1) is 11.3 Å². The van der Waals surface area contributed by atoms with E-state index in [0.717, 1.165) is 4.88 Å². The van der Waals surface area contributed by atoms with E-state index in [9.17, 15) is 4.79 Å². The highest BCUT2D eigenvalue weighted by Crippen LogP contribution is 2.12. The Kier molecular flexibility index (Phi) is 4.84. The van der Waals surface area contributed by atoms with Crippen LogP contribution in [0, 0.1) is 5.92 Å². The first-order valence-corrected chi connectivity index (χ1v) is 5.63. The summed E-state index contributed by atoms with van der Waals surface area (Å²) in [6, 6.07) is 3.98. The Morgan fingerprint density at radius 1 is 1.64 bits per heavy atom. The van der Waals surface area contributed by atoms with Gasteiger partial charge in [-0.05, 0) is 17.4 Å². The molecule has 1 rings (SSSR count). The number of ether oxygens (including phenoxy) is 1. The van der Waals surface area contributed by atoms with E-state index in [-0.39, 0.29) is 0 Å². The molecule has 1 atom stereocenters. The molecule has 0 saturated carbocycles. The molecule has 2 nitrogen and oxygen atoms in total. The number of rotatable bonds is 6. The first-order valence-electron chi connectivity index (χ1n) is 4.75. The van der Waals surface area contributed by atoms with Gasteiger partial charge in [0.1, 0.15) is 5.78 Å². The van der Waals surface area contributed by atoms with Gasteiger partial charge in [0.25, 0.3) is 0 Å². The van der Waals surface area contributed by atoms with Crippen molar-refractivity contribution in [2.75, 3.05) is 13.7 Å². The molecular formula is C11H16O2S. The van der Waals surface area contributed by atoms with Crippen LogP contribution < -0.4 is 0 Å². The summed E-state index contributed by atoms with van der Waals surface area (Å²) in [6.45, 7) is 2.70. The van der Waals surface area contributed by atoms with Crippen LogP contribution in [0.2, 0.25) is 0 Å². The summed E-state index contributed by atoms with van der Waals surface area (Å²) in [5.41, 5.74) is 0. The predicted octanol–water partition coefficient (Wildman–Crippen LogP) is 2.53. The Morgan fingerprint density at radius 3 is 3.00 bits per heavy atom. The van der Waals surface area contributed by atoms with E-state index < -0.39 is 0 Å². The number of methoxy groups -OCH3 is 1. The van der Waals surface area contributed by atoms with Crippen LogP contribution in [-0.2, 0) is 16.0 Å². The van der Waals surface area contributed by atoms with Crippen LogP contribution in [-0.4, -0.2) is 19.5 Å². The number of ketones is 1. The molecule has 0 radical (unpaired) electrons. The molecule has 0 aromatic carbocycles. The molecule has 78 valence electrons. The maximum Gasteiger partial charge on any atom is 0.138 e. The van der Waals surface area contributed by atoms with Gasteiger partial charge in [0, 0.05) is 31.4 Å². The lowest BCUT2D eigenvalue weighted by Gasteiger charge is -2.07. The number of carbonyl (C=O) groups excluding carboxylic acids is 1. The molecule has 3 heteroatoms. The van der Waals surface area contributed by atoms with Gasteiger partial charge in [-0.3, -0.25) is 4.79 Å². The SMILES string of the molecule is COCC(C)CC(=O)Cc1cccs1. The van der Waals surface area contributed by atoms with Gasteiger partial charge in [0.15, 0.2) is 0 Å². The molecule has 0 fully saturated rings. The standard InChI is InChI=1S/C11H16O2S/c1-9(8-13-2)6-10(12)7-11-4-3-5-14-11/h3-5,9H,6-8H2,1-2H3. The molecular weight excluding hydrogens is 196 g/mol. The monoisotopic (exact) mass is 212 g/mol. The Balaban J connectivity index is 2.29. The van der Waals surface area contributed by atoms with E-state index in [4.69, 9.17) is 4.74 Å². The first-order chi connectivity index (χ1) is 6.72. The number of thiophene rings is 1. The van der Waals surface area contributed by atoms with E-state index in [1.807, 2.05) is 24.4 Å². The molecule has 1 aromatic rings. The number of hydrogen-bond donors (Lipinski definition) is 0. The quantitative estimate of drug-likeness (QED) is 0.724. The minimum atomic E-state index is 0.303. The van der Waals surface area contributed by atoms with E-state index in [2.05, 4.69) is 0 Å². The van der Waals surface area contributed by atoms with Crippen LogP contribution in [0.1, 0.15) is 18.2 Å². The summed E-state index contributed by atoms with van der Waals surface area (Å²) >= 11 is 1.64. The molecule has 0 N–H and O–H groups in total. The van der Waals surface area contributed by atoms with E-state index in [0.29, 0.717) is 31.1 Å². The van der Waals surface area contributed by atoms with Gasteiger partial charge in [-0.2, -0.15) is 0 Å². The lowest BCUT2D eigenvalue weighted by molar-refractivity contribution is -0.119. The van der Waals surface area contributed by atoms with Crippen LogP contribution in [0.5, 0.6) is 0 Å². The number of carbonyl (C=O) groups is 1. The molecule has 0 amide bonds. The molecule has 1 unspecified atom stereocenters. The van der Waals surface area contributed by atoms with Gasteiger partial charge in [-0.25, -0.2) is 0 Å². The van der Waals surface area contributed by atoms with Crippen LogP contribution in [0.15, 0.2) is 17.5 Å². The number of hydrogen-bond acceptors (Lipinski definition) is 3. The molecule has 14 heavy (non-hydrogen) atoms. The Bertz CT molecular complexity index is 267. The fourth-order valence-electron chi connectivity index (χ4n) is 1.41. The average molecular weight is 212 g/mol. The second-order valence-corrected chi connectivity index (χ2v) is 4.59. The van der Waals surface area contributed by atoms with Crippen molar-refractivity contribution in [2.45, 2.75) is 19.8 Å². The zero-order valence-corrected chi connectivity index (χ0v) is 9.47. The maximum absolute atomic E-state index is 11.5. The van der Waals surface area contributed by atoms with Crippen molar-refractivity contribution < 1.29 is 9.53 Å². The number of Topliss-reactive ketones (excluding diaryl/α,β-unsaturated/α-hetero) is 1. The third kappa shape index (κ3) is 4.03. The van der Waals surface area contributed by atoms with Crippen molar-refractivity contribution in [3.8, 4) is 0 Å². The van der Waals surface area contributed by atoms with Crippen LogP contribution in [0.4, 0.5) is 0 Å². The molecule has 0 spiro atoms. The molecule has 0 aliphatic rings. The summed E-state index contributed by atoms with van der Waals surface area (Å²) in [7, 11) is 1.67. The lowest BCUT2D eigenvalue weighted by atomic mass is 10.0. The summed E-state index contributed by atoms with van der Waals surface area (Å²) < 4.78 is 4.99. The zero-order valence-electron chi connectivity index (χ0n) is 8.66. The van der Waals surface area contributed by atoms with Crippen LogP contribution in [0.25, 0.3) is 0 Å². The van der Waals surface area contributed by atoms with Crippen molar-refractivity contribution in [1.29, 1.82) is 0 Å². The minimum Gasteiger partial charge on any atom is -0.384 e. The van der Waals surface area contributed by atoms with Crippen LogP contribution >= 0.6 is 11.3 Å². The summed E-state index contributed by atoms with van der Waals surface area (Å²) in [4.78, 5) is 12.7. The second kappa shape index (κ2) is 5.94. The summed E-state index contributed by atoms with van der Waals surface area (Å²) in [5, 5.41) is 2.00. The minimum absolute atomic E-state index is 0.303. The van der Waals surface area contributed by atoms with Gasteiger partial charge in [-0.1, -0.05) is 13.0 Å². The summed E-state index contributed by atoms with van der Waals surface area (Å²) in [5.74, 6) is 0.629. The molecule has 1 heterocycles. The predicted molar refractivity (Wildman–Crippen MR) is 58.7 cm³/mol. The highest BCUT2D eigenvalue weighted by Gasteiger charge is 2.09. The fraction of sp³-hybridized carbons (Fsp3) is 0.545. The van der Waals surface area contributed by atoms with Crippen molar-refractivity contribution in [2.24, 2.45) is 5.92 Å². The van der Waals surface area contributed by atoms with Crippen molar-refractivity contribution >= 4 is 17.1 Å². The van der Waals surface area contributed by atoms with Crippen molar-refractivity contribution in [1.82, 2.24) is 0 Å². The van der Waals surface area contributed by atoms with Crippen LogP contribution in [0.3, 0.4) is 0 Å². The average Bonchev–Trinajstić information content (AvgIpc) is 2.56. The van der Waals surface area contributed by atoms with Gasteiger partial charge in [0.2, 0.25) is 0 Å². The van der Waals surface area contributed by atoms with Gasteiger partial charge >= 0.3 is 0 Å². The smallest absolute Gasteiger partial charge is 0.138 e. The van der Waals surface area contributed by atoms with E-state index >= 15 is 0 Å². The Labute approximate surface area is 88.9 Å². The lowest BCUT2D eigenvalue weighted by Crippen LogP contribution is -2.11. The highest BCUT2D eigenvalue weighted by molar-refractivity contribution is 7.10. The zero-order chi connectivity index (χ0) is 10.4. The first kappa shape index (κ1) is 11.4. The summed E-state index contributed by atoms with van der Waals surface area (Å²) in [6.07, 6.45) is 1.19. The Morgan fingerprint density at radius 2 is 2.43 bits per heavy atom. The molecule has 0 aliphatic heterocycles. The normalized spacial score (nSPS) is 12.7. The topological polar surface area (TPSA) is 26.3 Å². The van der Waals surface area contributed by atoms with Crippen molar-refractivity contribution in [3.05, 3.63) is 22.4 Å². The largest absolute Gasteiger partial charge is 0.384 e. The molecule has 0 saturated heterocycles. The fourth-order valence-corrected chi connectivity index (χ4v) is 2.15. The third-order valence-electron chi connectivity index (χ3n) is 1.98.